The van der Waals surface area contributed by atoms with Gasteiger partial charge in [-0.2, -0.15) is 0 Å². The van der Waals surface area contributed by atoms with Gasteiger partial charge in [-0.25, -0.2) is 4.79 Å². The van der Waals surface area contributed by atoms with E-state index in [4.69, 9.17) is 0 Å². The molecule has 2 aliphatic rings. The topological polar surface area (TPSA) is 56.2 Å². The number of urea groups is 1. The lowest BCUT2D eigenvalue weighted by Gasteiger charge is -2.35. The predicted octanol–water partition coefficient (Wildman–Crippen LogP) is 1.56. The van der Waals surface area contributed by atoms with Gasteiger partial charge < -0.3 is 4.90 Å². The number of amides is 3. The van der Waals surface area contributed by atoms with Gasteiger partial charge in [0.1, 0.15) is 12.4 Å². The van der Waals surface area contributed by atoms with Crippen LogP contribution in [0.2, 0.25) is 0 Å². The quantitative estimate of drug-likeness (QED) is 0.847. The monoisotopic (exact) mass is 300 g/mol. The molecule has 6 nitrogen and oxygen atoms in total. The summed E-state index contributed by atoms with van der Waals surface area (Å²) in [6.45, 7) is 6.45. The number of benzene rings is 1. The van der Waals surface area contributed by atoms with Crippen LogP contribution in [0.4, 0.5) is 10.5 Å². The maximum absolute atomic E-state index is 12.7. The molecule has 1 aromatic rings. The zero-order chi connectivity index (χ0) is 15.7. The fraction of sp³-hybridized carbons (Fsp3) is 0.438. The minimum atomic E-state index is -0.157. The van der Waals surface area contributed by atoms with Crippen molar-refractivity contribution in [2.45, 2.75) is 13.8 Å². The average molecular weight is 300 g/mol. The summed E-state index contributed by atoms with van der Waals surface area (Å²) in [6, 6.07) is 7.48. The van der Waals surface area contributed by atoms with Crippen LogP contribution in [0.3, 0.4) is 0 Å². The third-order valence-electron chi connectivity index (χ3n) is 4.15. The van der Waals surface area contributed by atoms with Crippen LogP contribution in [0, 0.1) is 0 Å². The average Bonchev–Trinajstić information content (AvgIpc) is 3.02. The molecule has 0 saturated heterocycles. The van der Waals surface area contributed by atoms with Gasteiger partial charge in [0.15, 0.2) is 0 Å². The number of anilines is 1. The summed E-state index contributed by atoms with van der Waals surface area (Å²) in [7, 11) is 0. The number of fused-ring (bicyclic) bond motifs is 3. The van der Waals surface area contributed by atoms with Gasteiger partial charge in [-0.3, -0.25) is 19.6 Å². The summed E-state index contributed by atoms with van der Waals surface area (Å²) >= 11 is 0. The van der Waals surface area contributed by atoms with E-state index in [0.717, 1.165) is 17.1 Å². The third kappa shape index (κ3) is 2.24. The van der Waals surface area contributed by atoms with Gasteiger partial charge in [-0.05, 0) is 26.0 Å². The number of nitrogens with zero attached hydrogens (tertiary/aromatic N) is 4. The van der Waals surface area contributed by atoms with E-state index < -0.39 is 0 Å². The van der Waals surface area contributed by atoms with Crippen molar-refractivity contribution in [3.8, 4) is 0 Å². The molecule has 0 aromatic heterocycles. The summed E-state index contributed by atoms with van der Waals surface area (Å²) < 4.78 is 0. The van der Waals surface area contributed by atoms with Crippen LogP contribution in [-0.2, 0) is 4.79 Å². The van der Waals surface area contributed by atoms with E-state index in [2.05, 4.69) is 4.99 Å². The van der Waals surface area contributed by atoms with Gasteiger partial charge >= 0.3 is 6.03 Å². The van der Waals surface area contributed by atoms with Gasteiger partial charge in [-0.1, -0.05) is 12.1 Å². The van der Waals surface area contributed by atoms with Crippen molar-refractivity contribution >= 4 is 23.5 Å². The number of amidine groups is 1. The van der Waals surface area contributed by atoms with E-state index in [-0.39, 0.29) is 18.5 Å². The molecule has 2 heterocycles. The first-order chi connectivity index (χ1) is 10.7. The van der Waals surface area contributed by atoms with Crippen LogP contribution in [0.5, 0.6) is 0 Å². The Bertz CT molecular complexity index is 637. The minimum absolute atomic E-state index is 0.0345. The number of carbonyl (C=O) groups excluding carboxylic acids is 2. The van der Waals surface area contributed by atoms with Crippen molar-refractivity contribution < 1.29 is 9.59 Å². The van der Waals surface area contributed by atoms with Crippen LogP contribution in [0.1, 0.15) is 19.4 Å². The van der Waals surface area contributed by atoms with Crippen molar-refractivity contribution in [3.63, 3.8) is 0 Å². The zero-order valence-corrected chi connectivity index (χ0v) is 13.0. The second kappa shape index (κ2) is 5.79. The molecule has 0 saturated carbocycles. The SMILES string of the molecule is CCN(CC)C(=O)CN1C(=O)N2CCN=C2c2ccccc21. The Morgan fingerprint density at radius 3 is 2.73 bits per heavy atom. The van der Waals surface area contributed by atoms with Crippen molar-refractivity contribution in [3.05, 3.63) is 29.8 Å². The Labute approximate surface area is 130 Å². The Morgan fingerprint density at radius 1 is 1.27 bits per heavy atom. The van der Waals surface area contributed by atoms with E-state index in [9.17, 15) is 9.59 Å². The summed E-state index contributed by atoms with van der Waals surface area (Å²) in [6.07, 6.45) is 0. The molecular formula is C16H20N4O2. The van der Waals surface area contributed by atoms with Crippen LogP contribution in [0.25, 0.3) is 0 Å². The molecule has 3 rings (SSSR count). The molecule has 2 aliphatic heterocycles. The van der Waals surface area contributed by atoms with Gasteiger partial charge in [0.25, 0.3) is 0 Å². The molecule has 0 N–H and O–H groups in total. The lowest BCUT2D eigenvalue weighted by atomic mass is 10.1. The second-order valence-corrected chi connectivity index (χ2v) is 5.31. The van der Waals surface area contributed by atoms with Gasteiger partial charge in [0.05, 0.1) is 12.2 Å². The zero-order valence-electron chi connectivity index (χ0n) is 13.0. The number of carbonyl (C=O) groups is 2. The van der Waals surface area contributed by atoms with Crippen LogP contribution in [-0.4, -0.2) is 60.3 Å². The molecule has 1 aromatic carbocycles. The molecule has 0 radical (unpaired) electrons. The standard InChI is InChI=1S/C16H20N4O2/c1-3-18(4-2)14(21)11-20-13-8-6-5-7-12(13)15-17-9-10-19(15)16(20)22/h5-8H,3-4,9-11H2,1-2H3. The summed E-state index contributed by atoms with van der Waals surface area (Å²) in [5, 5.41) is 0. The number of likely N-dealkylation sites (N-methyl/N-ethyl adjacent to an activating group) is 1. The number of hydrogen-bond acceptors (Lipinski definition) is 3. The van der Waals surface area contributed by atoms with Crippen LogP contribution in [0.15, 0.2) is 29.3 Å². The Morgan fingerprint density at radius 2 is 2.00 bits per heavy atom. The van der Waals surface area contributed by atoms with Gasteiger partial charge in [0.2, 0.25) is 5.91 Å². The lowest BCUT2D eigenvalue weighted by molar-refractivity contribution is -0.129. The molecule has 3 amide bonds. The number of hydrogen-bond donors (Lipinski definition) is 0. The van der Waals surface area contributed by atoms with Crippen molar-refractivity contribution in [1.29, 1.82) is 0 Å². The third-order valence-corrected chi connectivity index (χ3v) is 4.15. The first-order valence-corrected chi connectivity index (χ1v) is 7.68. The smallest absolute Gasteiger partial charge is 0.330 e. The van der Waals surface area contributed by atoms with Gasteiger partial charge in [0, 0.05) is 25.2 Å². The molecule has 6 heteroatoms. The molecular weight excluding hydrogens is 280 g/mol. The lowest BCUT2D eigenvalue weighted by Crippen LogP contribution is -2.53. The van der Waals surface area contributed by atoms with Crippen molar-refractivity contribution in [2.75, 3.05) is 37.6 Å². The maximum Gasteiger partial charge on any atom is 0.330 e. The first-order valence-electron chi connectivity index (χ1n) is 7.68. The van der Waals surface area contributed by atoms with Crippen molar-refractivity contribution in [2.24, 2.45) is 4.99 Å². The summed E-state index contributed by atoms with van der Waals surface area (Å²) in [5.74, 6) is 0.694. The minimum Gasteiger partial charge on any atom is -0.342 e. The molecule has 0 aliphatic carbocycles. The van der Waals surface area contributed by atoms with E-state index in [1.807, 2.05) is 38.1 Å². The summed E-state index contributed by atoms with van der Waals surface area (Å²) in [4.78, 5) is 34.5. The normalized spacial score (nSPS) is 16.3. The molecule has 0 unspecified atom stereocenters. The highest BCUT2D eigenvalue weighted by molar-refractivity contribution is 6.20. The van der Waals surface area contributed by atoms with Crippen LogP contribution < -0.4 is 4.90 Å². The van der Waals surface area contributed by atoms with E-state index in [0.29, 0.717) is 26.2 Å². The summed E-state index contributed by atoms with van der Waals surface area (Å²) in [5.41, 5.74) is 1.69. The molecule has 0 spiro atoms. The number of para-hydroxylation sites is 1. The highest BCUT2D eigenvalue weighted by Crippen LogP contribution is 2.30. The van der Waals surface area contributed by atoms with E-state index in [1.165, 1.54) is 0 Å². The van der Waals surface area contributed by atoms with E-state index in [1.54, 1.807) is 14.7 Å². The Kier molecular flexibility index (Phi) is 3.83. The molecule has 0 atom stereocenters. The van der Waals surface area contributed by atoms with E-state index >= 15 is 0 Å². The molecule has 0 bridgehead atoms. The Balaban J connectivity index is 1.94. The predicted molar refractivity (Wildman–Crippen MR) is 85.2 cm³/mol. The highest BCUT2D eigenvalue weighted by atomic mass is 16.2. The van der Waals surface area contributed by atoms with Crippen LogP contribution >= 0.6 is 0 Å². The largest absolute Gasteiger partial charge is 0.342 e. The second-order valence-electron chi connectivity index (χ2n) is 5.31. The maximum atomic E-state index is 12.7. The Hall–Kier alpha value is -2.37. The number of rotatable bonds is 4. The van der Waals surface area contributed by atoms with Gasteiger partial charge in [-0.15, -0.1) is 0 Å². The van der Waals surface area contributed by atoms with Crippen molar-refractivity contribution in [1.82, 2.24) is 9.80 Å². The number of aliphatic imine (C=N–C) groups is 1. The fourth-order valence-corrected chi connectivity index (χ4v) is 2.98. The fourth-order valence-electron chi connectivity index (χ4n) is 2.98. The highest BCUT2D eigenvalue weighted by Gasteiger charge is 2.38. The molecule has 22 heavy (non-hydrogen) atoms. The molecule has 0 fully saturated rings. The first kappa shape index (κ1) is 14.6. The molecule has 116 valence electrons.